The fourth-order valence-corrected chi connectivity index (χ4v) is 4.00. The molecule has 1 aromatic rings. The normalized spacial score (nSPS) is 23.7. The first-order valence-electron chi connectivity index (χ1n) is 10.2. The molecule has 0 aliphatic carbocycles. The summed E-state index contributed by atoms with van der Waals surface area (Å²) in [5.41, 5.74) is 1.24. The Hall–Kier alpha value is -1.14. The smallest absolute Gasteiger partial charge is 0.123 e. The van der Waals surface area contributed by atoms with E-state index in [-0.39, 0.29) is 12.6 Å². The van der Waals surface area contributed by atoms with Crippen LogP contribution < -0.4 is 4.74 Å². The number of ether oxygens (including phenoxy) is 1. The number of aliphatic hydroxyl groups excluding tert-OH is 1. The second kappa shape index (κ2) is 10.3. The van der Waals surface area contributed by atoms with Gasteiger partial charge in [-0.2, -0.15) is 0 Å². The molecule has 0 spiro atoms. The maximum atomic E-state index is 9.76. The van der Waals surface area contributed by atoms with Gasteiger partial charge in [0.05, 0.1) is 6.61 Å². The summed E-state index contributed by atoms with van der Waals surface area (Å²) < 4.78 is 6.16. The molecule has 5 nitrogen and oxygen atoms in total. The van der Waals surface area contributed by atoms with E-state index in [0.29, 0.717) is 0 Å². The minimum Gasteiger partial charge on any atom is -0.492 e. The molecule has 3 rings (SSSR count). The summed E-state index contributed by atoms with van der Waals surface area (Å²) in [6, 6.07) is 8.70. The van der Waals surface area contributed by atoms with Crippen molar-refractivity contribution in [2.45, 2.75) is 38.3 Å². The summed E-state index contributed by atoms with van der Waals surface area (Å²) in [5, 5.41) is 9.76. The van der Waals surface area contributed by atoms with E-state index in [1.165, 1.54) is 24.8 Å². The highest BCUT2D eigenvalue weighted by molar-refractivity contribution is 5.33. The number of likely N-dealkylation sites (N-methyl/N-ethyl adjacent to an activating group) is 1. The first-order chi connectivity index (χ1) is 12.8. The molecule has 26 heavy (non-hydrogen) atoms. The molecule has 0 bridgehead atoms. The maximum absolute atomic E-state index is 9.76. The molecule has 2 aliphatic rings. The minimum absolute atomic E-state index is 0.256. The largest absolute Gasteiger partial charge is 0.492 e. The average Bonchev–Trinajstić information content (AvgIpc) is 2.89. The number of likely N-dealkylation sites (tertiary alicyclic amines) is 1. The van der Waals surface area contributed by atoms with E-state index < -0.39 is 0 Å². The fraction of sp³-hybridized carbons (Fsp3) is 0.714. The van der Waals surface area contributed by atoms with Gasteiger partial charge in [0.2, 0.25) is 0 Å². The fourth-order valence-electron chi connectivity index (χ4n) is 4.00. The Balaban J connectivity index is 1.53. The van der Waals surface area contributed by atoms with Gasteiger partial charge < -0.3 is 14.7 Å². The SMILES string of the molecule is CN1CCN(CCOc2ccccc2CN2CCCCCC2CO)CC1. The Morgan fingerprint density at radius 1 is 1.04 bits per heavy atom. The van der Waals surface area contributed by atoms with E-state index in [1.54, 1.807) is 0 Å². The van der Waals surface area contributed by atoms with Crippen LogP contribution in [0, 0.1) is 0 Å². The Bertz CT molecular complexity index is 532. The van der Waals surface area contributed by atoms with E-state index in [0.717, 1.165) is 64.6 Å². The molecule has 0 saturated carbocycles. The summed E-state index contributed by atoms with van der Waals surface area (Å²) >= 11 is 0. The van der Waals surface area contributed by atoms with Crippen molar-refractivity contribution >= 4 is 0 Å². The third kappa shape index (κ3) is 5.68. The quantitative estimate of drug-likeness (QED) is 0.805. The molecule has 1 N–H and O–H groups in total. The van der Waals surface area contributed by atoms with Gasteiger partial charge in [-0.3, -0.25) is 9.80 Å². The lowest BCUT2D eigenvalue weighted by molar-refractivity contribution is 0.115. The zero-order valence-electron chi connectivity index (χ0n) is 16.3. The molecule has 0 aromatic heterocycles. The van der Waals surface area contributed by atoms with Crippen LogP contribution in [0.5, 0.6) is 5.75 Å². The summed E-state index contributed by atoms with van der Waals surface area (Å²) in [5.74, 6) is 1.00. The second-order valence-electron chi connectivity index (χ2n) is 7.76. The molecule has 1 atom stereocenters. The number of hydrogen-bond acceptors (Lipinski definition) is 5. The van der Waals surface area contributed by atoms with Gasteiger partial charge in [0.25, 0.3) is 0 Å². The van der Waals surface area contributed by atoms with Crippen molar-refractivity contribution in [3.63, 3.8) is 0 Å². The van der Waals surface area contributed by atoms with Gasteiger partial charge in [-0.25, -0.2) is 0 Å². The van der Waals surface area contributed by atoms with E-state index in [2.05, 4.69) is 46.0 Å². The average molecular weight is 362 g/mol. The van der Waals surface area contributed by atoms with E-state index in [4.69, 9.17) is 4.74 Å². The zero-order valence-corrected chi connectivity index (χ0v) is 16.3. The van der Waals surface area contributed by atoms with Crippen LogP contribution in [0.25, 0.3) is 0 Å². The van der Waals surface area contributed by atoms with Crippen molar-refractivity contribution in [1.82, 2.24) is 14.7 Å². The van der Waals surface area contributed by atoms with E-state index >= 15 is 0 Å². The third-order valence-corrected chi connectivity index (χ3v) is 5.82. The number of para-hydroxylation sites is 1. The van der Waals surface area contributed by atoms with Gasteiger partial charge in [-0.15, -0.1) is 0 Å². The number of hydrogen-bond donors (Lipinski definition) is 1. The van der Waals surface area contributed by atoms with Gasteiger partial charge >= 0.3 is 0 Å². The predicted molar refractivity (Wildman–Crippen MR) is 106 cm³/mol. The Kier molecular flexibility index (Phi) is 7.74. The van der Waals surface area contributed by atoms with Crippen LogP contribution in [0.2, 0.25) is 0 Å². The van der Waals surface area contributed by atoms with Crippen molar-refractivity contribution in [2.24, 2.45) is 0 Å². The predicted octanol–water partition coefficient (Wildman–Crippen LogP) is 2.05. The molecule has 0 radical (unpaired) electrons. The Morgan fingerprint density at radius 3 is 2.65 bits per heavy atom. The summed E-state index contributed by atoms with van der Waals surface area (Å²) in [4.78, 5) is 7.31. The Labute approximate surface area is 158 Å². The van der Waals surface area contributed by atoms with Gasteiger partial charge in [-0.1, -0.05) is 31.0 Å². The van der Waals surface area contributed by atoms with Crippen LogP contribution in [-0.2, 0) is 6.54 Å². The van der Waals surface area contributed by atoms with Crippen LogP contribution in [0.3, 0.4) is 0 Å². The second-order valence-corrected chi connectivity index (χ2v) is 7.76. The highest BCUT2D eigenvalue weighted by atomic mass is 16.5. The molecule has 2 saturated heterocycles. The van der Waals surface area contributed by atoms with Crippen molar-refractivity contribution in [3.05, 3.63) is 29.8 Å². The lowest BCUT2D eigenvalue weighted by atomic mass is 10.1. The highest BCUT2D eigenvalue weighted by Crippen LogP contribution is 2.24. The lowest BCUT2D eigenvalue weighted by Gasteiger charge is -2.32. The van der Waals surface area contributed by atoms with Crippen LogP contribution in [0.15, 0.2) is 24.3 Å². The first kappa shape index (κ1) is 19.6. The molecule has 0 amide bonds. The molecule has 1 aromatic carbocycles. The van der Waals surface area contributed by atoms with Crippen LogP contribution in [-0.4, -0.2) is 85.4 Å². The van der Waals surface area contributed by atoms with Gasteiger partial charge in [0.1, 0.15) is 12.4 Å². The number of aliphatic hydroxyl groups is 1. The highest BCUT2D eigenvalue weighted by Gasteiger charge is 2.21. The van der Waals surface area contributed by atoms with Gasteiger partial charge in [0.15, 0.2) is 0 Å². The van der Waals surface area contributed by atoms with Crippen LogP contribution in [0.4, 0.5) is 0 Å². The van der Waals surface area contributed by atoms with Crippen molar-refractivity contribution in [1.29, 1.82) is 0 Å². The number of piperazine rings is 1. The van der Waals surface area contributed by atoms with Crippen molar-refractivity contribution in [2.75, 3.05) is 59.5 Å². The van der Waals surface area contributed by atoms with Crippen LogP contribution >= 0.6 is 0 Å². The van der Waals surface area contributed by atoms with E-state index in [9.17, 15) is 5.11 Å². The summed E-state index contributed by atoms with van der Waals surface area (Å²) in [7, 11) is 2.19. The topological polar surface area (TPSA) is 39.2 Å². The first-order valence-corrected chi connectivity index (χ1v) is 10.2. The molecule has 146 valence electrons. The summed E-state index contributed by atoms with van der Waals surface area (Å²) in [6.07, 6.45) is 4.83. The zero-order chi connectivity index (χ0) is 18.2. The van der Waals surface area contributed by atoms with Crippen LogP contribution in [0.1, 0.15) is 31.2 Å². The maximum Gasteiger partial charge on any atom is 0.123 e. The number of rotatable bonds is 7. The number of benzene rings is 1. The van der Waals surface area contributed by atoms with Crippen molar-refractivity contribution in [3.8, 4) is 5.75 Å². The summed E-state index contributed by atoms with van der Waals surface area (Å²) in [6.45, 7) is 8.49. The molecular formula is C21H35N3O2. The molecule has 2 fully saturated rings. The standard InChI is InChI=1S/C21H35N3O2/c1-22-11-13-23(14-12-22)15-16-26-21-9-5-4-7-19(21)17-24-10-6-2-3-8-20(24)18-25/h4-5,7,9,20,25H,2-3,6,8,10-18H2,1H3. The molecular weight excluding hydrogens is 326 g/mol. The molecule has 2 aliphatic heterocycles. The van der Waals surface area contributed by atoms with Gasteiger partial charge in [0, 0.05) is 50.9 Å². The molecule has 2 heterocycles. The van der Waals surface area contributed by atoms with Crippen molar-refractivity contribution < 1.29 is 9.84 Å². The monoisotopic (exact) mass is 361 g/mol. The minimum atomic E-state index is 0.256. The molecule has 5 heteroatoms. The van der Waals surface area contributed by atoms with E-state index in [1.807, 2.05) is 0 Å². The Morgan fingerprint density at radius 2 is 1.85 bits per heavy atom. The lowest BCUT2D eigenvalue weighted by Crippen LogP contribution is -2.45. The van der Waals surface area contributed by atoms with Gasteiger partial charge in [-0.05, 0) is 32.5 Å². The third-order valence-electron chi connectivity index (χ3n) is 5.82. The number of nitrogens with zero attached hydrogens (tertiary/aromatic N) is 3. The molecule has 1 unspecified atom stereocenters.